The fourth-order valence-electron chi connectivity index (χ4n) is 1.81. The molecule has 0 atom stereocenters. The first-order valence-electron chi connectivity index (χ1n) is 6.51. The molecular formula is C15H16N2O4S. The smallest absolute Gasteiger partial charge is 0.264 e. The molecule has 0 bridgehead atoms. The van der Waals surface area contributed by atoms with Gasteiger partial charge in [-0.1, -0.05) is 24.3 Å². The van der Waals surface area contributed by atoms with E-state index < -0.39 is 21.8 Å². The van der Waals surface area contributed by atoms with Crippen LogP contribution in [0.1, 0.15) is 15.9 Å². The highest BCUT2D eigenvalue weighted by atomic mass is 32.2. The summed E-state index contributed by atoms with van der Waals surface area (Å²) in [6, 6.07) is 12.8. The maximum atomic E-state index is 11.9. The van der Waals surface area contributed by atoms with Crippen molar-refractivity contribution in [3.63, 3.8) is 0 Å². The Bertz CT molecular complexity index is 773. The topological polar surface area (TPSA) is 95.5 Å². The van der Waals surface area contributed by atoms with Gasteiger partial charge in [0.05, 0.1) is 0 Å². The van der Waals surface area contributed by atoms with Crippen LogP contribution in [0, 0.1) is 6.92 Å². The summed E-state index contributed by atoms with van der Waals surface area (Å²) in [5, 5.41) is 12.3. The molecule has 0 aliphatic carbocycles. The summed E-state index contributed by atoms with van der Waals surface area (Å²) in [6.07, 6.45) is 0. The van der Waals surface area contributed by atoms with Crippen LogP contribution < -0.4 is 10.0 Å². The number of amides is 1. The third kappa shape index (κ3) is 3.98. The number of rotatable bonds is 5. The lowest BCUT2D eigenvalue weighted by atomic mass is 10.2. The number of phenols is 1. The highest BCUT2D eigenvalue weighted by Crippen LogP contribution is 2.23. The van der Waals surface area contributed by atoms with Crippen LogP contribution in [0.4, 0.5) is 5.69 Å². The molecule has 6 nitrogen and oxygen atoms in total. The number of anilines is 1. The summed E-state index contributed by atoms with van der Waals surface area (Å²) >= 11 is 0. The van der Waals surface area contributed by atoms with Crippen LogP contribution in [-0.2, 0) is 10.0 Å². The highest BCUT2D eigenvalue weighted by Gasteiger charge is 2.16. The van der Waals surface area contributed by atoms with Crippen LogP contribution in [0.25, 0.3) is 0 Å². The summed E-state index contributed by atoms with van der Waals surface area (Å²) in [7, 11) is -3.85. The molecular weight excluding hydrogens is 304 g/mol. The summed E-state index contributed by atoms with van der Waals surface area (Å²) in [5.41, 5.74) is 1.28. The molecule has 3 N–H and O–H groups in total. The van der Waals surface area contributed by atoms with Crippen LogP contribution >= 0.6 is 0 Å². The van der Waals surface area contributed by atoms with Crippen LogP contribution in [0.2, 0.25) is 0 Å². The Balaban J connectivity index is 2.03. The van der Waals surface area contributed by atoms with Gasteiger partial charge in [-0.15, -0.1) is 0 Å². The Hall–Kier alpha value is -2.54. The number of sulfonamides is 1. The van der Waals surface area contributed by atoms with E-state index in [-0.39, 0.29) is 11.3 Å². The van der Waals surface area contributed by atoms with Gasteiger partial charge < -0.3 is 10.4 Å². The van der Waals surface area contributed by atoms with Crippen molar-refractivity contribution >= 4 is 21.6 Å². The van der Waals surface area contributed by atoms with Crippen molar-refractivity contribution in [3.8, 4) is 5.75 Å². The molecule has 0 aromatic heterocycles. The number of nitrogens with one attached hydrogen (secondary N) is 2. The second-order valence-electron chi connectivity index (χ2n) is 4.68. The molecule has 7 heteroatoms. The molecule has 0 aliphatic heterocycles. The molecule has 0 saturated carbocycles. The van der Waals surface area contributed by atoms with E-state index in [9.17, 15) is 18.3 Å². The van der Waals surface area contributed by atoms with Crippen molar-refractivity contribution in [1.82, 2.24) is 4.72 Å². The normalized spacial score (nSPS) is 11.0. The van der Waals surface area contributed by atoms with Gasteiger partial charge in [-0.25, -0.2) is 13.1 Å². The summed E-state index contributed by atoms with van der Waals surface area (Å²) in [4.78, 5) is 11.8. The zero-order chi connectivity index (χ0) is 16.2. The minimum absolute atomic E-state index is 0.0655. The summed E-state index contributed by atoms with van der Waals surface area (Å²) in [5.74, 6) is -1.10. The van der Waals surface area contributed by atoms with Gasteiger partial charge in [0.2, 0.25) is 0 Å². The molecule has 0 unspecified atom stereocenters. The Kier molecular flexibility index (Phi) is 4.67. The zero-order valence-corrected chi connectivity index (χ0v) is 12.7. The zero-order valence-electron chi connectivity index (χ0n) is 11.9. The summed E-state index contributed by atoms with van der Waals surface area (Å²) < 4.78 is 25.8. The Morgan fingerprint density at radius 3 is 2.45 bits per heavy atom. The Morgan fingerprint density at radius 2 is 1.77 bits per heavy atom. The first-order chi connectivity index (χ1) is 10.4. The van der Waals surface area contributed by atoms with Gasteiger partial charge in [-0.3, -0.25) is 4.79 Å². The van der Waals surface area contributed by atoms with Crippen molar-refractivity contribution in [2.75, 3.05) is 11.2 Å². The van der Waals surface area contributed by atoms with E-state index in [2.05, 4.69) is 5.32 Å². The van der Waals surface area contributed by atoms with E-state index in [1.165, 1.54) is 18.2 Å². The van der Waals surface area contributed by atoms with Crippen LogP contribution in [0.5, 0.6) is 5.75 Å². The molecule has 2 rings (SSSR count). The second-order valence-corrected chi connectivity index (χ2v) is 6.41. The number of carbonyl (C=O) groups is 1. The van der Waals surface area contributed by atoms with Gasteiger partial charge in [0, 0.05) is 16.8 Å². The Labute approximate surface area is 128 Å². The standard InChI is InChI=1S/C15H16N2O4S/c1-11-13(8-5-9-14(11)18)16-10-22(20,21)17-15(19)12-6-3-2-4-7-12/h2-9,16,18H,10H2,1H3,(H,17,19). The predicted octanol–water partition coefficient (Wildman–Crippen LogP) is 1.83. The molecule has 0 radical (unpaired) electrons. The second kappa shape index (κ2) is 6.48. The van der Waals surface area contributed by atoms with Gasteiger partial charge in [-0.2, -0.15) is 0 Å². The van der Waals surface area contributed by atoms with E-state index >= 15 is 0 Å². The van der Waals surface area contributed by atoms with E-state index in [0.29, 0.717) is 11.3 Å². The van der Waals surface area contributed by atoms with Gasteiger partial charge in [0.25, 0.3) is 15.9 Å². The SMILES string of the molecule is Cc1c(O)cccc1NCS(=O)(=O)NC(=O)c1ccccc1. The van der Waals surface area contributed by atoms with E-state index in [4.69, 9.17) is 0 Å². The average Bonchev–Trinajstić information content (AvgIpc) is 2.49. The maximum absolute atomic E-state index is 11.9. The largest absolute Gasteiger partial charge is 0.508 e. The molecule has 0 fully saturated rings. The lowest BCUT2D eigenvalue weighted by Gasteiger charge is -2.11. The number of benzene rings is 2. The van der Waals surface area contributed by atoms with Gasteiger partial charge >= 0.3 is 0 Å². The monoisotopic (exact) mass is 320 g/mol. The molecule has 0 spiro atoms. The predicted molar refractivity (Wildman–Crippen MR) is 84.2 cm³/mol. The van der Waals surface area contributed by atoms with Crippen molar-refractivity contribution in [2.24, 2.45) is 0 Å². The van der Waals surface area contributed by atoms with Crippen molar-refractivity contribution in [2.45, 2.75) is 6.92 Å². The van der Waals surface area contributed by atoms with Crippen molar-refractivity contribution < 1.29 is 18.3 Å². The lowest BCUT2D eigenvalue weighted by Crippen LogP contribution is -2.34. The van der Waals surface area contributed by atoms with Crippen LogP contribution in [0.15, 0.2) is 48.5 Å². The third-order valence-corrected chi connectivity index (χ3v) is 4.06. The van der Waals surface area contributed by atoms with Crippen LogP contribution in [0.3, 0.4) is 0 Å². The fraction of sp³-hybridized carbons (Fsp3) is 0.133. The number of carbonyl (C=O) groups excluding carboxylic acids is 1. The minimum Gasteiger partial charge on any atom is -0.508 e. The number of aromatic hydroxyl groups is 1. The first-order valence-corrected chi connectivity index (χ1v) is 8.16. The molecule has 1 amide bonds. The van der Waals surface area contributed by atoms with Gasteiger partial charge in [0.15, 0.2) is 0 Å². The Morgan fingerprint density at radius 1 is 1.09 bits per heavy atom. The molecule has 0 heterocycles. The van der Waals surface area contributed by atoms with E-state index in [1.807, 2.05) is 4.72 Å². The third-order valence-electron chi connectivity index (χ3n) is 3.04. The molecule has 116 valence electrons. The number of phenolic OH excluding ortho intramolecular Hbond substituents is 1. The lowest BCUT2D eigenvalue weighted by molar-refractivity contribution is 0.0981. The molecule has 2 aromatic carbocycles. The quantitative estimate of drug-likeness (QED) is 0.781. The summed E-state index contributed by atoms with van der Waals surface area (Å²) in [6.45, 7) is 1.66. The minimum atomic E-state index is -3.85. The maximum Gasteiger partial charge on any atom is 0.264 e. The van der Waals surface area contributed by atoms with Crippen LogP contribution in [-0.4, -0.2) is 25.3 Å². The molecule has 2 aromatic rings. The average molecular weight is 320 g/mol. The van der Waals surface area contributed by atoms with Crippen molar-refractivity contribution in [3.05, 3.63) is 59.7 Å². The number of hydrogen-bond donors (Lipinski definition) is 3. The van der Waals surface area contributed by atoms with E-state index in [0.717, 1.165) is 0 Å². The highest BCUT2D eigenvalue weighted by molar-refractivity contribution is 7.90. The van der Waals surface area contributed by atoms with Crippen molar-refractivity contribution in [1.29, 1.82) is 0 Å². The van der Waals surface area contributed by atoms with Gasteiger partial charge in [0.1, 0.15) is 11.6 Å². The molecule has 0 aliphatic rings. The van der Waals surface area contributed by atoms with E-state index in [1.54, 1.807) is 37.3 Å². The fourth-order valence-corrected chi connectivity index (χ4v) is 2.63. The van der Waals surface area contributed by atoms with Gasteiger partial charge in [-0.05, 0) is 31.2 Å². The first kappa shape index (κ1) is 15.8. The molecule has 0 saturated heterocycles. The molecule has 22 heavy (non-hydrogen) atoms. The number of hydrogen-bond acceptors (Lipinski definition) is 5.